The second kappa shape index (κ2) is 6.34. The van der Waals surface area contributed by atoms with Crippen LogP contribution in [0.1, 0.15) is 11.1 Å². The van der Waals surface area contributed by atoms with Gasteiger partial charge in [-0.3, -0.25) is 0 Å². The van der Waals surface area contributed by atoms with Crippen molar-refractivity contribution in [1.82, 2.24) is 0 Å². The molecule has 0 fully saturated rings. The van der Waals surface area contributed by atoms with Gasteiger partial charge < -0.3 is 4.74 Å². The van der Waals surface area contributed by atoms with E-state index in [0.717, 1.165) is 12.1 Å². The number of ether oxygens (including phenoxy) is 1. The molecule has 2 aromatic carbocycles. The molecular weight excluding hydrogens is 329 g/mol. The van der Waals surface area contributed by atoms with E-state index < -0.39 is 20.2 Å². The van der Waals surface area contributed by atoms with E-state index in [4.69, 9.17) is 4.74 Å². The Morgan fingerprint density at radius 3 is 1.70 bits per heavy atom. The molecule has 0 N–H and O–H groups in total. The molecule has 0 saturated heterocycles. The third-order valence-corrected chi connectivity index (χ3v) is 4.41. The summed E-state index contributed by atoms with van der Waals surface area (Å²) in [5.74, 6) is 6.25. The van der Waals surface area contributed by atoms with Gasteiger partial charge in [-0.15, -0.1) is 0 Å². The summed E-state index contributed by atoms with van der Waals surface area (Å²) >= 11 is 0. The van der Waals surface area contributed by atoms with Crippen LogP contribution in [0.25, 0.3) is 0 Å². The van der Waals surface area contributed by atoms with Crippen LogP contribution in [0.5, 0.6) is 5.75 Å². The molecule has 0 bridgehead atoms. The normalized spacial score (nSPS) is 11.5. The minimum absolute atomic E-state index is 0.405. The van der Waals surface area contributed by atoms with Gasteiger partial charge >= 0.3 is 5.51 Å². The fraction of sp³-hybridized carbons (Fsp3) is 0.125. The Labute approximate surface area is 131 Å². The fourth-order valence-corrected chi connectivity index (χ4v) is 2.43. The number of benzene rings is 2. The van der Waals surface area contributed by atoms with E-state index in [0.29, 0.717) is 16.9 Å². The SMILES string of the molecule is COc1ccc(C#Cc2ccc(S(=O)(=O)C(F)(F)F)cc2)cc1. The van der Waals surface area contributed by atoms with Gasteiger partial charge in [0.05, 0.1) is 12.0 Å². The number of rotatable bonds is 2. The van der Waals surface area contributed by atoms with Crippen LogP contribution in [0.4, 0.5) is 13.2 Å². The van der Waals surface area contributed by atoms with Gasteiger partial charge in [0.2, 0.25) is 0 Å². The highest BCUT2D eigenvalue weighted by atomic mass is 32.2. The van der Waals surface area contributed by atoms with Crippen LogP contribution in [-0.4, -0.2) is 21.0 Å². The zero-order valence-electron chi connectivity index (χ0n) is 11.9. The second-order valence-electron chi connectivity index (χ2n) is 4.45. The van der Waals surface area contributed by atoms with Gasteiger partial charge in [0.15, 0.2) is 0 Å². The molecule has 0 aliphatic carbocycles. The lowest BCUT2D eigenvalue weighted by molar-refractivity contribution is -0.0436. The third kappa shape index (κ3) is 3.85. The maximum absolute atomic E-state index is 12.4. The molecule has 0 aliphatic heterocycles. The number of alkyl halides is 3. The fourth-order valence-electron chi connectivity index (χ4n) is 1.67. The highest BCUT2D eigenvalue weighted by molar-refractivity contribution is 7.92. The van der Waals surface area contributed by atoms with Crippen molar-refractivity contribution >= 4 is 9.84 Å². The van der Waals surface area contributed by atoms with Crippen LogP contribution in [0.15, 0.2) is 53.4 Å². The number of sulfone groups is 1. The predicted octanol–water partition coefficient (Wildman–Crippen LogP) is 3.39. The van der Waals surface area contributed by atoms with Crippen molar-refractivity contribution < 1.29 is 26.3 Å². The lowest BCUT2D eigenvalue weighted by Crippen LogP contribution is -2.23. The molecule has 0 atom stereocenters. The molecule has 0 heterocycles. The van der Waals surface area contributed by atoms with Crippen molar-refractivity contribution in [1.29, 1.82) is 0 Å². The molecule has 0 saturated carbocycles. The van der Waals surface area contributed by atoms with Crippen molar-refractivity contribution in [3.63, 3.8) is 0 Å². The van der Waals surface area contributed by atoms with Crippen LogP contribution >= 0.6 is 0 Å². The summed E-state index contributed by atoms with van der Waals surface area (Å²) in [5, 5.41) is 0. The molecular formula is C16H11F3O3S. The molecule has 2 rings (SSSR count). The first kappa shape index (κ1) is 16.9. The molecule has 120 valence electrons. The van der Waals surface area contributed by atoms with Crippen molar-refractivity contribution in [2.75, 3.05) is 7.11 Å². The van der Waals surface area contributed by atoms with E-state index in [-0.39, 0.29) is 0 Å². The van der Waals surface area contributed by atoms with Crippen molar-refractivity contribution in [3.05, 3.63) is 59.7 Å². The van der Waals surface area contributed by atoms with Crippen LogP contribution in [0.3, 0.4) is 0 Å². The van der Waals surface area contributed by atoms with Gasteiger partial charge in [0.25, 0.3) is 9.84 Å². The molecule has 0 aromatic heterocycles. The molecule has 7 heteroatoms. The van der Waals surface area contributed by atoms with Crippen molar-refractivity contribution in [3.8, 4) is 17.6 Å². The minimum Gasteiger partial charge on any atom is -0.497 e. The Morgan fingerprint density at radius 1 is 0.870 bits per heavy atom. The highest BCUT2D eigenvalue weighted by Gasteiger charge is 2.46. The molecule has 0 aliphatic rings. The van der Waals surface area contributed by atoms with Gasteiger partial charge in [0.1, 0.15) is 5.75 Å². The van der Waals surface area contributed by atoms with Gasteiger partial charge in [-0.2, -0.15) is 13.2 Å². The Balaban J connectivity index is 2.23. The minimum atomic E-state index is -5.33. The van der Waals surface area contributed by atoms with Gasteiger partial charge in [-0.1, -0.05) is 11.8 Å². The largest absolute Gasteiger partial charge is 0.501 e. The summed E-state index contributed by atoms with van der Waals surface area (Å²) < 4.78 is 64.7. The smallest absolute Gasteiger partial charge is 0.497 e. The lowest BCUT2D eigenvalue weighted by atomic mass is 10.2. The summed E-state index contributed by atoms with van der Waals surface area (Å²) in [7, 11) is -3.79. The van der Waals surface area contributed by atoms with Crippen LogP contribution in [0.2, 0.25) is 0 Å². The Bertz CT molecular complexity index is 841. The number of methoxy groups -OCH3 is 1. The lowest BCUT2D eigenvalue weighted by Gasteiger charge is -2.07. The van der Waals surface area contributed by atoms with Crippen LogP contribution in [-0.2, 0) is 9.84 Å². The summed E-state index contributed by atoms with van der Waals surface area (Å²) in [5.41, 5.74) is -4.22. The zero-order chi connectivity index (χ0) is 17.1. The van der Waals surface area contributed by atoms with Gasteiger partial charge in [0, 0.05) is 11.1 Å². The first-order chi connectivity index (χ1) is 10.7. The predicted molar refractivity (Wildman–Crippen MR) is 78.7 cm³/mol. The Hall–Kier alpha value is -2.46. The van der Waals surface area contributed by atoms with Crippen molar-refractivity contribution in [2.45, 2.75) is 10.4 Å². The average molecular weight is 340 g/mol. The molecule has 0 unspecified atom stereocenters. The number of hydrogen-bond acceptors (Lipinski definition) is 3. The first-order valence-electron chi connectivity index (χ1n) is 6.31. The third-order valence-electron chi connectivity index (χ3n) is 2.91. The summed E-state index contributed by atoms with van der Waals surface area (Å²) in [6.45, 7) is 0. The molecule has 0 spiro atoms. The number of halogens is 3. The standard InChI is InChI=1S/C16H11F3O3S/c1-22-14-8-4-12(5-9-14)2-3-13-6-10-15(11-7-13)23(20,21)16(17,18)19/h4-11H,1H3. The monoisotopic (exact) mass is 340 g/mol. The van der Waals surface area contributed by atoms with E-state index in [9.17, 15) is 21.6 Å². The molecule has 3 nitrogen and oxygen atoms in total. The summed E-state index contributed by atoms with van der Waals surface area (Å²) in [6, 6.07) is 11.2. The molecule has 2 aromatic rings. The molecule has 0 amide bonds. The topological polar surface area (TPSA) is 43.4 Å². The van der Waals surface area contributed by atoms with E-state index in [2.05, 4.69) is 11.8 Å². The van der Waals surface area contributed by atoms with E-state index >= 15 is 0 Å². The quantitative estimate of drug-likeness (QED) is 0.787. The van der Waals surface area contributed by atoms with Gasteiger partial charge in [-0.25, -0.2) is 8.42 Å². The maximum Gasteiger partial charge on any atom is 0.501 e. The van der Waals surface area contributed by atoms with Crippen LogP contribution < -0.4 is 4.74 Å². The Kier molecular flexibility index (Phi) is 4.66. The van der Waals surface area contributed by atoms with Crippen molar-refractivity contribution in [2.24, 2.45) is 0 Å². The first-order valence-corrected chi connectivity index (χ1v) is 7.80. The zero-order valence-corrected chi connectivity index (χ0v) is 12.7. The van der Waals surface area contributed by atoms with E-state index in [1.165, 1.54) is 19.2 Å². The number of hydrogen-bond donors (Lipinski definition) is 0. The Morgan fingerprint density at radius 2 is 1.30 bits per heavy atom. The summed E-state index contributed by atoms with van der Waals surface area (Å²) in [4.78, 5) is -0.806. The maximum atomic E-state index is 12.4. The second-order valence-corrected chi connectivity index (χ2v) is 6.39. The molecule has 0 radical (unpaired) electrons. The van der Waals surface area contributed by atoms with E-state index in [1.54, 1.807) is 24.3 Å². The van der Waals surface area contributed by atoms with E-state index in [1.807, 2.05) is 0 Å². The average Bonchev–Trinajstić information content (AvgIpc) is 2.53. The van der Waals surface area contributed by atoms with Gasteiger partial charge in [-0.05, 0) is 48.5 Å². The highest BCUT2D eigenvalue weighted by Crippen LogP contribution is 2.30. The molecule has 23 heavy (non-hydrogen) atoms. The summed E-state index contributed by atoms with van der Waals surface area (Å²) in [6.07, 6.45) is 0. The van der Waals surface area contributed by atoms with Crippen LogP contribution in [0, 0.1) is 11.8 Å².